The number of halogens is 1. The van der Waals surface area contributed by atoms with Gasteiger partial charge in [-0.3, -0.25) is 0 Å². The van der Waals surface area contributed by atoms with Crippen LogP contribution in [0.5, 0.6) is 5.75 Å². The molecule has 17 heavy (non-hydrogen) atoms. The normalized spacial score (nSPS) is 23.2. The molecular formula is C14H20FNO. The molecule has 1 aliphatic carbocycles. The molecule has 1 N–H and O–H groups in total. The molecule has 2 atom stereocenters. The van der Waals surface area contributed by atoms with Gasteiger partial charge >= 0.3 is 0 Å². The lowest BCUT2D eigenvalue weighted by Crippen LogP contribution is -2.24. The van der Waals surface area contributed by atoms with Gasteiger partial charge < -0.3 is 10.1 Å². The minimum Gasteiger partial charge on any atom is -0.494 e. The van der Waals surface area contributed by atoms with Crippen LogP contribution in [-0.4, -0.2) is 13.2 Å². The fourth-order valence-corrected chi connectivity index (χ4v) is 2.10. The molecule has 0 spiro atoms. The Morgan fingerprint density at radius 1 is 1.47 bits per heavy atom. The van der Waals surface area contributed by atoms with E-state index in [0.717, 1.165) is 5.56 Å². The highest BCUT2D eigenvalue weighted by molar-refractivity contribution is 5.31. The highest BCUT2D eigenvalue weighted by Gasteiger charge is 2.45. The van der Waals surface area contributed by atoms with Crippen LogP contribution in [0.2, 0.25) is 0 Å². The standard InChI is InChI=1S/C14H20FNO/c1-9(16-13-8-14(13,2)3)10-5-6-12(17-4)11(15)7-10/h5-7,9,13,16H,8H2,1-4H3. The van der Waals surface area contributed by atoms with Gasteiger partial charge in [0, 0.05) is 12.1 Å². The summed E-state index contributed by atoms with van der Waals surface area (Å²) in [6, 6.07) is 5.85. The van der Waals surface area contributed by atoms with Gasteiger partial charge in [-0.1, -0.05) is 19.9 Å². The molecule has 1 saturated carbocycles. The van der Waals surface area contributed by atoms with Gasteiger partial charge in [-0.2, -0.15) is 0 Å². The quantitative estimate of drug-likeness (QED) is 0.867. The number of rotatable bonds is 4. The third-order valence-electron chi connectivity index (χ3n) is 3.64. The van der Waals surface area contributed by atoms with Crippen LogP contribution in [-0.2, 0) is 0 Å². The maximum absolute atomic E-state index is 13.6. The van der Waals surface area contributed by atoms with E-state index in [-0.39, 0.29) is 11.9 Å². The molecule has 1 fully saturated rings. The lowest BCUT2D eigenvalue weighted by Gasteiger charge is -2.16. The van der Waals surface area contributed by atoms with Crippen molar-refractivity contribution in [2.24, 2.45) is 5.41 Å². The first kappa shape index (κ1) is 12.4. The molecule has 0 aromatic heterocycles. The van der Waals surface area contributed by atoms with Gasteiger partial charge in [0.15, 0.2) is 11.6 Å². The first-order valence-corrected chi connectivity index (χ1v) is 6.03. The van der Waals surface area contributed by atoms with Crippen molar-refractivity contribution in [2.45, 2.75) is 39.3 Å². The Morgan fingerprint density at radius 2 is 2.12 bits per heavy atom. The van der Waals surface area contributed by atoms with Crippen molar-refractivity contribution in [1.29, 1.82) is 0 Å². The molecule has 0 bridgehead atoms. The minimum atomic E-state index is -0.297. The Balaban J connectivity index is 2.04. The summed E-state index contributed by atoms with van der Waals surface area (Å²) >= 11 is 0. The van der Waals surface area contributed by atoms with Gasteiger partial charge in [0.05, 0.1) is 7.11 Å². The lowest BCUT2D eigenvalue weighted by atomic mass is 10.1. The second-order valence-corrected chi connectivity index (χ2v) is 5.53. The molecule has 0 amide bonds. The molecule has 3 heteroatoms. The first-order valence-electron chi connectivity index (χ1n) is 6.03. The summed E-state index contributed by atoms with van der Waals surface area (Å²) in [6.45, 7) is 6.55. The van der Waals surface area contributed by atoms with E-state index >= 15 is 0 Å². The van der Waals surface area contributed by atoms with Crippen LogP contribution in [0, 0.1) is 11.2 Å². The average Bonchev–Trinajstić information content (AvgIpc) is 2.85. The van der Waals surface area contributed by atoms with Crippen molar-refractivity contribution in [1.82, 2.24) is 5.32 Å². The first-order chi connectivity index (χ1) is 7.94. The van der Waals surface area contributed by atoms with E-state index in [1.807, 2.05) is 6.07 Å². The van der Waals surface area contributed by atoms with Crippen LogP contribution < -0.4 is 10.1 Å². The summed E-state index contributed by atoms with van der Waals surface area (Å²) in [5, 5.41) is 3.52. The van der Waals surface area contributed by atoms with E-state index in [1.54, 1.807) is 12.1 Å². The second-order valence-electron chi connectivity index (χ2n) is 5.53. The molecule has 0 aliphatic heterocycles. The monoisotopic (exact) mass is 237 g/mol. The Labute approximate surface area is 102 Å². The number of hydrogen-bond acceptors (Lipinski definition) is 2. The summed E-state index contributed by atoms with van der Waals surface area (Å²) in [6.07, 6.45) is 1.19. The van der Waals surface area contributed by atoms with E-state index < -0.39 is 0 Å². The summed E-state index contributed by atoms with van der Waals surface area (Å²) < 4.78 is 18.5. The SMILES string of the molecule is COc1ccc(C(C)NC2CC2(C)C)cc1F. The maximum atomic E-state index is 13.6. The number of hydrogen-bond donors (Lipinski definition) is 1. The van der Waals surface area contributed by atoms with Gasteiger partial charge in [-0.15, -0.1) is 0 Å². The highest BCUT2D eigenvalue weighted by atomic mass is 19.1. The van der Waals surface area contributed by atoms with Crippen LogP contribution in [0.15, 0.2) is 18.2 Å². The van der Waals surface area contributed by atoms with Crippen molar-refractivity contribution in [3.63, 3.8) is 0 Å². The molecule has 0 saturated heterocycles. The molecule has 2 rings (SSSR count). The number of benzene rings is 1. The summed E-state index contributed by atoms with van der Waals surface area (Å²) in [4.78, 5) is 0. The van der Waals surface area contributed by atoms with Crippen molar-refractivity contribution >= 4 is 0 Å². The Hall–Kier alpha value is -1.09. The molecule has 1 aliphatic rings. The summed E-state index contributed by atoms with van der Waals surface area (Å²) in [5.41, 5.74) is 1.35. The zero-order chi connectivity index (χ0) is 12.6. The van der Waals surface area contributed by atoms with Crippen LogP contribution in [0.1, 0.15) is 38.8 Å². The van der Waals surface area contributed by atoms with E-state index in [1.165, 1.54) is 13.5 Å². The largest absolute Gasteiger partial charge is 0.494 e. The third-order valence-corrected chi connectivity index (χ3v) is 3.64. The molecule has 1 aromatic carbocycles. The van der Waals surface area contributed by atoms with Gasteiger partial charge in [0.25, 0.3) is 0 Å². The molecule has 2 nitrogen and oxygen atoms in total. The zero-order valence-electron chi connectivity index (χ0n) is 10.9. The molecule has 94 valence electrons. The van der Waals surface area contributed by atoms with Crippen LogP contribution in [0.4, 0.5) is 4.39 Å². The van der Waals surface area contributed by atoms with Crippen molar-refractivity contribution in [3.8, 4) is 5.75 Å². The van der Waals surface area contributed by atoms with E-state index in [9.17, 15) is 4.39 Å². The topological polar surface area (TPSA) is 21.3 Å². The summed E-state index contributed by atoms with van der Waals surface area (Å²) in [7, 11) is 1.48. The number of ether oxygens (including phenoxy) is 1. The predicted octanol–water partition coefficient (Wildman–Crippen LogP) is 3.28. The van der Waals surface area contributed by atoms with Crippen LogP contribution >= 0.6 is 0 Å². The molecule has 2 unspecified atom stereocenters. The molecule has 0 heterocycles. The van der Waals surface area contributed by atoms with Crippen molar-refractivity contribution < 1.29 is 9.13 Å². The second kappa shape index (κ2) is 4.30. The Morgan fingerprint density at radius 3 is 2.59 bits per heavy atom. The third kappa shape index (κ3) is 2.60. The fraction of sp³-hybridized carbons (Fsp3) is 0.571. The maximum Gasteiger partial charge on any atom is 0.165 e. The summed E-state index contributed by atoms with van der Waals surface area (Å²) in [5.74, 6) is 0.00130. The van der Waals surface area contributed by atoms with Crippen LogP contribution in [0.3, 0.4) is 0 Å². The van der Waals surface area contributed by atoms with Crippen LogP contribution in [0.25, 0.3) is 0 Å². The van der Waals surface area contributed by atoms with Gasteiger partial charge in [-0.25, -0.2) is 4.39 Å². The van der Waals surface area contributed by atoms with Crippen molar-refractivity contribution in [3.05, 3.63) is 29.6 Å². The minimum absolute atomic E-state index is 0.169. The number of nitrogens with one attached hydrogen (secondary N) is 1. The molecule has 0 radical (unpaired) electrons. The average molecular weight is 237 g/mol. The van der Waals surface area contributed by atoms with E-state index in [4.69, 9.17) is 4.74 Å². The van der Waals surface area contributed by atoms with E-state index in [2.05, 4.69) is 26.1 Å². The molecule has 1 aromatic rings. The fourth-order valence-electron chi connectivity index (χ4n) is 2.10. The highest BCUT2D eigenvalue weighted by Crippen LogP contribution is 2.45. The van der Waals surface area contributed by atoms with E-state index in [0.29, 0.717) is 17.2 Å². The lowest BCUT2D eigenvalue weighted by molar-refractivity contribution is 0.385. The Bertz CT molecular complexity index is 417. The van der Waals surface area contributed by atoms with Gasteiger partial charge in [0.1, 0.15) is 0 Å². The number of methoxy groups -OCH3 is 1. The smallest absolute Gasteiger partial charge is 0.165 e. The molecular weight excluding hydrogens is 217 g/mol. The predicted molar refractivity (Wildman–Crippen MR) is 66.7 cm³/mol. The Kier molecular flexibility index (Phi) is 3.13. The van der Waals surface area contributed by atoms with Crippen molar-refractivity contribution in [2.75, 3.05) is 7.11 Å². The van der Waals surface area contributed by atoms with Gasteiger partial charge in [0.2, 0.25) is 0 Å². The van der Waals surface area contributed by atoms with Gasteiger partial charge in [-0.05, 0) is 36.5 Å². The zero-order valence-corrected chi connectivity index (χ0v) is 10.9.